The summed E-state index contributed by atoms with van der Waals surface area (Å²) < 4.78 is 5.78. The largest absolute Gasteiger partial charge is 0.377 e. The number of rotatable bonds is 10. The highest BCUT2D eigenvalue weighted by atomic mass is 16.5. The Hall–Kier alpha value is -0.300. The fraction of sp³-hybridized carbons (Fsp3) is 0.913. The maximum Gasteiger partial charge on any atom is 0.0647 e. The molecular formula is C23H42O. The predicted octanol–water partition coefficient (Wildman–Crippen LogP) is 7.16. The number of hydrogen-bond acceptors (Lipinski definition) is 1. The van der Waals surface area contributed by atoms with Gasteiger partial charge in [0.2, 0.25) is 0 Å². The standard InChI is InChI=1S/C23H42O/c1-3-5-7-8-9-20-10-14-22(15-11-20)23-16-12-21(13-17-23)19-24-18-6-4-2/h4,6,20-23H,3,5,7-19H2,1-2H3. The van der Waals surface area contributed by atoms with Gasteiger partial charge in [0.25, 0.3) is 0 Å². The van der Waals surface area contributed by atoms with E-state index in [1.165, 1.54) is 83.5 Å². The van der Waals surface area contributed by atoms with Gasteiger partial charge in [-0.05, 0) is 69.1 Å². The number of unbranched alkanes of at least 4 members (excludes halogenated alkanes) is 3. The summed E-state index contributed by atoms with van der Waals surface area (Å²) in [6.45, 7) is 6.17. The maximum atomic E-state index is 5.78. The van der Waals surface area contributed by atoms with Gasteiger partial charge in [-0.25, -0.2) is 0 Å². The molecule has 0 radical (unpaired) electrons. The van der Waals surface area contributed by atoms with Crippen molar-refractivity contribution in [2.24, 2.45) is 23.7 Å². The summed E-state index contributed by atoms with van der Waals surface area (Å²) in [6, 6.07) is 0. The van der Waals surface area contributed by atoms with E-state index in [0.717, 1.165) is 36.9 Å². The molecule has 2 aliphatic carbocycles. The van der Waals surface area contributed by atoms with Crippen LogP contribution in [0.25, 0.3) is 0 Å². The molecule has 0 spiro atoms. The summed E-state index contributed by atoms with van der Waals surface area (Å²) in [7, 11) is 0. The van der Waals surface area contributed by atoms with Gasteiger partial charge in [-0.2, -0.15) is 0 Å². The third kappa shape index (κ3) is 7.30. The van der Waals surface area contributed by atoms with Gasteiger partial charge in [0.1, 0.15) is 0 Å². The van der Waals surface area contributed by atoms with Crippen molar-refractivity contribution in [2.45, 2.75) is 97.3 Å². The fourth-order valence-corrected chi connectivity index (χ4v) is 5.03. The van der Waals surface area contributed by atoms with E-state index in [2.05, 4.69) is 26.0 Å². The van der Waals surface area contributed by atoms with E-state index in [9.17, 15) is 0 Å². The average Bonchev–Trinajstić information content (AvgIpc) is 2.64. The minimum Gasteiger partial charge on any atom is -0.377 e. The van der Waals surface area contributed by atoms with Crippen LogP contribution in [0, 0.1) is 23.7 Å². The summed E-state index contributed by atoms with van der Waals surface area (Å²) in [5.41, 5.74) is 0. The molecule has 0 N–H and O–H groups in total. The van der Waals surface area contributed by atoms with E-state index in [0.29, 0.717) is 0 Å². The molecule has 0 aliphatic heterocycles. The Morgan fingerprint density at radius 2 is 1.42 bits per heavy atom. The highest BCUT2D eigenvalue weighted by Crippen LogP contribution is 2.42. The third-order valence-electron chi connectivity index (χ3n) is 6.72. The molecule has 0 saturated heterocycles. The van der Waals surface area contributed by atoms with Gasteiger partial charge in [-0.15, -0.1) is 0 Å². The van der Waals surface area contributed by atoms with Gasteiger partial charge in [0.15, 0.2) is 0 Å². The normalized spacial score (nSPS) is 31.6. The fourth-order valence-electron chi connectivity index (χ4n) is 5.03. The lowest BCUT2D eigenvalue weighted by Gasteiger charge is -2.38. The van der Waals surface area contributed by atoms with Crippen molar-refractivity contribution in [2.75, 3.05) is 13.2 Å². The number of allylic oxidation sites excluding steroid dienone is 1. The molecule has 140 valence electrons. The minimum atomic E-state index is 0.804. The Bertz CT molecular complexity index is 319. The molecule has 0 atom stereocenters. The number of ether oxygens (including phenoxy) is 1. The first kappa shape index (κ1) is 20.0. The first-order valence-electron chi connectivity index (χ1n) is 11.0. The topological polar surface area (TPSA) is 9.23 Å². The maximum absolute atomic E-state index is 5.78. The molecule has 2 saturated carbocycles. The van der Waals surface area contributed by atoms with E-state index in [1.54, 1.807) is 0 Å². The van der Waals surface area contributed by atoms with Crippen LogP contribution in [0.4, 0.5) is 0 Å². The summed E-state index contributed by atoms with van der Waals surface area (Å²) in [5.74, 6) is 4.00. The van der Waals surface area contributed by atoms with Gasteiger partial charge in [0.05, 0.1) is 6.61 Å². The molecule has 0 heterocycles. The Balaban J connectivity index is 1.55. The van der Waals surface area contributed by atoms with Gasteiger partial charge < -0.3 is 4.74 Å². The molecule has 0 aromatic heterocycles. The van der Waals surface area contributed by atoms with Crippen LogP contribution in [0.5, 0.6) is 0 Å². The molecule has 0 unspecified atom stereocenters. The smallest absolute Gasteiger partial charge is 0.0647 e. The molecular weight excluding hydrogens is 292 g/mol. The molecule has 2 aliphatic rings. The van der Waals surface area contributed by atoms with Crippen LogP contribution in [0.2, 0.25) is 0 Å². The van der Waals surface area contributed by atoms with Crippen LogP contribution in [0.3, 0.4) is 0 Å². The quantitative estimate of drug-likeness (QED) is 0.304. The summed E-state index contributed by atoms with van der Waals surface area (Å²) in [6.07, 6.45) is 23.4. The molecule has 0 amide bonds. The zero-order valence-electron chi connectivity index (χ0n) is 16.5. The van der Waals surface area contributed by atoms with E-state index in [4.69, 9.17) is 4.74 Å². The predicted molar refractivity (Wildman–Crippen MR) is 105 cm³/mol. The molecule has 2 fully saturated rings. The molecule has 2 rings (SSSR count). The molecule has 24 heavy (non-hydrogen) atoms. The summed E-state index contributed by atoms with van der Waals surface area (Å²) in [5, 5.41) is 0. The van der Waals surface area contributed by atoms with Gasteiger partial charge in [-0.3, -0.25) is 0 Å². The van der Waals surface area contributed by atoms with Crippen molar-refractivity contribution >= 4 is 0 Å². The Morgan fingerprint density at radius 3 is 2.00 bits per heavy atom. The van der Waals surface area contributed by atoms with E-state index in [1.807, 2.05) is 0 Å². The second-order valence-electron chi connectivity index (χ2n) is 8.52. The van der Waals surface area contributed by atoms with Crippen LogP contribution in [-0.4, -0.2) is 13.2 Å². The molecule has 0 aromatic carbocycles. The lowest BCUT2D eigenvalue weighted by Crippen LogP contribution is -2.27. The van der Waals surface area contributed by atoms with Crippen LogP contribution in [-0.2, 0) is 4.74 Å². The van der Waals surface area contributed by atoms with Crippen LogP contribution in [0.15, 0.2) is 12.2 Å². The molecule has 0 bridgehead atoms. The van der Waals surface area contributed by atoms with Crippen molar-refractivity contribution in [1.29, 1.82) is 0 Å². The average molecular weight is 335 g/mol. The monoisotopic (exact) mass is 334 g/mol. The Morgan fingerprint density at radius 1 is 0.792 bits per heavy atom. The lowest BCUT2D eigenvalue weighted by atomic mass is 9.69. The zero-order valence-corrected chi connectivity index (χ0v) is 16.5. The highest BCUT2D eigenvalue weighted by Gasteiger charge is 2.30. The zero-order chi connectivity index (χ0) is 17.0. The van der Waals surface area contributed by atoms with E-state index in [-0.39, 0.29) is 0 Å². The highest BCUT2D eigenvalue weighted by molar-refractivity contribution is 4.82. The minimum absolute atomic E-state index is 0.804. The molecule has 1 heteroatoms. The van der Waals surface area contributed by atoms with Crippen molar-refractivity contribution in [3.8, 4) is 0 Å². The first-order valence-corrected chi connectivity index (χ1v) is 11.0. The van der Waals surface area contributed by atoms with Crippen molar-refractivity contribution < 1.29 is 4.74 Å². The van der Waals surface area contributed by atoms with Crippen molar-refractivity contribution in [3.63, 3.8) is 0 Å². The molecule has 0 aromatic rings. The van der Waals surface area contributed by atoms with E-state index >= 15 is 0 Å². The van der Waals surface area contributed by atoms with Gasteiger partial charge in [-0.1, -0.05) is 64.0 Å². The lowest BCUT2D eigenvalue weighted by molar-refractivity contribution is 0.0778. The SMILES string of the molecule is CC=CCOCC1CCC(C2CCC(CCCCCC)CC2)CC1. The van der Waals surface area contributed by atoms with Gasteiger partial charge >= 0.3 is 0 Å². The summed E-state index contributed by atoms with van der Waals surface area (Å²) >= 11 is 0. The third-order valence-corrected chi connectivity index (χ3v) is 6.72. The first-order chi connectivity index (χ1) is 11.8. The molecule has 1 nitrogen and oxygen atoms in total. The Kier molecular flexibility index (Phi) is 10.1. The van der Waals surface area contributed by atoms with Crippen LogP contribution < -0.4 is 0 Å². The summed E-state index contributed by atoms with van der Waals surface area (Å²) in [4.78, 5) is 0. The second kappa shape index (κ2) is 12.1. The van der Waals surface area contributed by atoms with Crippen molar-refractivity contribution in [1.82, 2.24) is 0 Å². The van der Waals surface area contributed by atoms with E-state index < -0.39 is 0 Å². The van der Waals surface area contributed by atoms with Crippen LogP contribution >= 0.6 is 0 Å². The van der Waals surface area contributed by atoms with Crippen LogP contribution in [0.1, 0.15) is 97.3 Å². The Labute approximate surface area is 151 Å². The van der Waals surface area contributed by atoms with Gasteiger partial charge in [0, 0.05) is 6.61 Å². The second-order valence-corrected chi connectivity index (χ2v) is 8.52. The van der Waals surface area contributed by atoms with Crippen molar-refractivity contribution in [3.05, 3.63) is 12.2 Å². The number of hydrogen-bond donors (Lipinski definition) is 0.